The maximum atomic E-state index is 11.9. The van der Waals surface area contributed by atoms with Crippen LogP contribution in [0, 0.1) is 10.1 Å². The van der Waals surface area contributed by atoms with Gasteiger partial charge in [-0.15, -0.1) is 0 Å². The molecule has 0 aromatic carbocycles. The van der Waals surface area contributed by atoms with Crippen molar-refractivity contribution in [1.82, 2.24) is 15.1 Å². The zero-order valence-corrected chi connectivity index (χ0v) is 12.5. The molecule has 1 amide bonds. The summed E-state index contributed by atoms with van der Waals surface area (Å²) in [6.07, 6.45) is 8.47. The summed E-state index contributed by atoms with van der Waals surface area (Å²) >= 11 is 5.70. The first-order valence-electron chi connectivity index (χ1n) is 7.23. The lowest BCUT2D eigenvalue weighted by atomic mass is 10.1. The summed E-state index contributed by atoms with van der Waals surface area (Å²) in [4.78, 5) is 21.9. The Balaban J connectivity index is 1.80. The fourth-order valence-corrected chi connectivity index (χ4v) is 2.78. The molecule has 0 bridgehead atoms. The van der Waals surface area contributed by atoms with Gasteiger partial charge in [-0.1, -0.05) is 37.3 Å². The smallest absolute Gasteiger partial charge is 0.358 e. The van der Waals surface area contributed by atoms with E-state index in [-0.39, 0.29) is 35.8 Å². The molecule has 116 valence electrons. The van der Waals surface area contributed by atoms with E-state index in [1.165, 1.54) is 23.7 Å². The van der Waals surface area contributed by atoms with E-state index in [1.54, 1.807) is 0 Å². The van der Waals surface area contributed by atoms with Gasteiger partial charge < -0.3 is 15.4 Å². The van der Waals surface area contributed by atoms with Gasteiger partial charge in [0.05, 0.1) is 17.8 Å². The molecule has 0 spiro atoms. The summed E-state index contributed by atoms with van der Waals surface area (Å²) in [5.41, 5.74) is 0. The number of nitrogens with zero attached hydrogens (tertiary/aromatic N) is 3. The van der Waals surface area contributed by atoms with E-state index in [0.717, 1.165) is 25.7 Å². The van der Waals surface area contributed by atoms with Crippen molar-refractivity contribution < 1.29 is 9.72 Å². The molecular formula is C13H19ClN4O3. The highest BCUT2D eigenvalue weighted by Crippen LogP contribution is 2.21. The van der Waals surface area contributed by atoms with Crippen LogP contribution in [0.2, 0.25) is 5.02 Å². The average Bonchev–Trinajstić information content (AvgIpc) is 2.63. The molecule has 0 atom stereocenters. The maximum Gasteiger partial charge on any atom is 0.408 e. The van der Waals surface area contributed by atoms with Crippen LogP contribution in [0.15, 0.2) is 6.20 Å². The minimum atomic E-state index is -0.634. The van der Waals surface area contributed by atoms with Crippen LogP contribution in [0.5, 0.6) is 0 Å². The van der Waals surface area contributed by atoms with Crippen molar-refractivity contribution in [1.29, 1.82) is 0 Å². The van der Waals surface area contributed by atoms with E-state index in [9.17, 15) is 14.9 Å². The van der Waals surface area contributed by atoms with E-state index in [2.05, 4.69) is 10.4 Å². The number of aryl methyl sites for hydroxylation is 1. The molecule has 0 aliphatic heterocycles. The highest BCUT2D eigenvalue weighted by Gasteiger charge is 2.20. The number of amides is 1. The van der Waals surface area contributed by atoms with Gasteiger partial charge in [-0.3, -0.25) is 4.79 Å². The van der Waals surface area contributed by atoms with Gasteiger partial charge in [0, 0.05) is 12.5 Å². The zero-order valence-electron chi connectivity index (χ0n) is 11.8. The molecule has 2 rings (SSSR count). The molecule has 0 saturated heterocycles. The fraction of sp³-hybridized carbons (Fsp3) is 0.692. The Labute approximate surface area is 127 Å². The van der Waals surface area contributed by atoms with Gasteiger partial charge in [0.25, 0.3) is 0 Å². The minimum Gasteiger partial charge on any atom is -0.358 e. The summed E-state index contributed by atoms with van der Waals surface area (Å²) in [5.74, 6) is -0.419. The molecule has 21 heavy (non-hydrogen) atoms. The van der Waals surface area contributed by atoms with Gasteiger partial charge in [-0.2, -0.15) is 4.68 Å². The first-order chi connectivity index (χ1) is 10.1. The fourth-order valence-electron chi connectivity index (χ4n) is 2.56. The van der Waals surface area contributed by atoms with E-state index >= 15 is 0 Å². The van der Waals surface area contributed by atoms with Crippen molar-refractivity contribution in [2.75, 3.05) is 0 Å². The summed E-state index contributed by atoms with van der Waals surface area (Å²) < 4.78 is 1.34. The number of nitrogens with one attached hydrogen (secondary N) is 1. The van der Waals surface area contributed by atoms with Gasteiger partial charge in [0.15, 0.2) is 5.02 Å². The molecule has 1 aromatic rings. The number of carbonyl (C=O) groups excluding carboxylic acids is 1. The average molecular weight is 315 g/mol. The van der Waals surface area contributed by atoms with Crippen LogP contribution in [0.1, 0.15) is 44.9 Å². The Bertz CT molecular complexity index is 510. The van der Waals surface area contributed by atoms with Gasteiger partial charge in [-0.05, 0) is 17.8 Å². The number of halogens is 1. The summed E-state index contributed by atoms with van der Waals surface area (Å²) in [5, 5.41) is 17.4. The lowest BCUT2D eigenvalue weighted by Crippen LogP contribution is -2.34. The Morgan fingerprint density at radius 3 is 2.67 bits per heavy atom. The van der Waals surface area contributed by atoms with E-state index < -0.39 is 4.92 Å². The molecule has 1 aliphatic rings. The van der Waals surface area contributed by atoms with Gasteiger partial charge in [0.2, 0.25) is 5.91 Å². The first kappa shape index (κ1) is 15.8. The molecule has 1 N–H and O–H groups in total. The van der Waals surface area contributed by atoms with Crippen LogP contribution in [0.25, 0.3) is 0 Å². The molecule has 8 heteroatoms. The van der Waals surface area contributed by atoms with Crippen LogP contribution < -0.4 is 5.32 Å². The van der Waals surface area contributed by atoms with Crippen LogP contribution in [0.3, 0.4) is 0 Å². The van der Waals surface area contributed by atoms with Crippen LogP contribution in [-0.4, -0.2) is 26.7 Å². The molecule has 1 fully saturated rings. The molecule has 0 radical (unpaired) electrons. The minimum absolute atomic E-state index is 0.0100. The second-order valence-corrected chi connectivity index (χ2v) is 5.73. The van der Waals surface area contributed by atoms with E-state index in [4.69, 9.17) is 11.6 Å². The molecule has 1 saturated carbocycles. The van der Waals surface area contributed by atoms with Crippen molar-refractivity contribution in [3.8, 4) is 0 Å². The Hall–Kier alpha value is -1.63. The molecule has 1 aliphatic carbocycles. The third-order valence-corrected chi connectivity index (χ3v) is 3.93. The zero-order chi connectivity index (χ0) is 15.2. The number of rotatable bonds is 5. The van der Waals surface area contributed by atoms with Crippen molar-refractivity contribution in [2.45, 2.75) is 57.5 Å². The van der Waals surface area contributed by atoms with E-state index in [0.29, 0.717) is 0 Å². The first-order valence-corrected chi connectivity index (χ1v) is 7.61. The lowest BCUT2D eigenvalue weighted by Gasteiger charge is -2.15. The Morgan fingerprint density at radius 2 is 2.10 bits per heavy atom. The standard InChI is InChI=1S/C13H19ClN4O3/c14-11-9-17(16-13(11)18(20)21)8-7-12(19)15-10-5-3-1-2-4-6-10/h9-10H,1-8H2,(H,15,19). The number of hydrogen-bond donors (Lipinski definition) is 1. The maximum absolute atomic E-state index is 11.9. The molecule has 0 unspecified atom stereocenters. The second kappa shape index (κ2) is 7.40. The third-order valence-electron chi connectivity index (χ3n) is 3.66. The Morgan fingerprint density at radius 1 is 1.43 bits per heavy atom. The van der Waals surface area contributed by atoms with Gasteiger partial charge in [0.1, 0.15) is 0 Å². The Kier molecular flexibility index (Phi) is 5.55. The largest absolute Gasteiger partial charge is 0.408 e. The van der Waals surface area contributed by atoms with Gasteiger partial charge >= 0.3 is 5.82 Å². The van der Waals surface area contributed by atoms with Gasteiger partial charge in [-0.25, -0.2) is 0 Å². The molecule has 1 aromatic heterocycles. The van der Waals surface area contributed by atoms with Crippen molar-refractivity contribution in [2.24, 2.45) is 0 Å². The number of hydrogen-bond acceptors (Lipinski definition) is 4. The number of nitro groups is 1. The van der Waals surface area contributed by atoms with E-state index in [1.807, 2.05) is 0 Å². The third kappa shape index (κ3) is 4.70. The summed E-state index contributed by atoms with van der Waals surface area (Å²) in [6.45, 7) is 0.284. The van der Waals surface area contributed by atoms with Crippen LogP contribution in [-0.2, 0) is 11.3 Å². The SMILES string of the molecule is O=C(CCn1cc(Cl)c([N+](=O)[O-])n1)NC1CCCCCC1. The predicted molar refractivity (Wildman–Crippen MR) is 78.1 cm³/mol. The molecular weight excluding hydrogens is 296 g/mol. The van der Waals surface area contributed by atoms with Crippen LogP contribution in [0.4, 0.5) is 5.82 Å². The second-order valence-electron chi connectivity index (χ2n) is 5.33. The van der Waals surface area contributed by atoms with Crippen LogP contribution >= 0.6 is 11.6 Å². The highest BCUT2D eigenvalue weighted by atomic mass is 35.5. The normalized spacial score (nSPS) is 16.4. The molecule has 1 heterocycles. The molecule has 7 nitrogen and oxygen atoms in total. The summed E-state index contributed by atoms with van der Waals surface area (Å²) in [7, 11) is 0. The van der Waals surface area contributed by atoms with Crippen molar-refractivity contribution >= 4 is 23.3 Å². The summed E-state index contributed by atoms with van der Waals surface area (Å²) in [6, 6.07) is 0.260. The number of aromatic nitrogens is 2. The monoisotopic (exact) mass is 314 g/mol. The topological polar surface area (TPSA) is 90.1 Å². The highest BCUT2D eigenvalue weighted by molar-refractivity contribution is 6.32. The quantitative estimate of drug-likeness (QED) is 0.514. The number of carbonyl (C=O) groups is 1. The van der Waals surface area contributed by atoms with Crippen molar-refractivity contribution in [3.63, 3.8) is 0 Å². The predicted octanol–water partition coefficient (Wildman–Crippen LogP) is 2.67. The lowest BCUT2D eigenvalue weighted by molar-refractivity contribution is -0.389. The van der Waals surface area contributed by atoms with Crippen molar-refractivity contribution in [3.05, 3.63) is 21.3 Å².